The molecule has 23 heavy (non-hydrogen) atoms. The largest absolute Gasteiger partial charge is 0.0770 e. The second-order valence-corrected chi connectivity index (χ2v) is 7.88. The fourth-order valence-corrected chi connectivity index (χ4v) is 3.86. The van der Waals surface area contributed by atoms with Gasteiger partial charge in [-0.15, -0.1) is 0 Å². The molecule has 2 aromatic rings. The molecule has 0 bridgehead atoms. The Morgan fingerprint density at radius 3 is 2.52 bits per heavy atom. The highest BCUT2D eigenvalue weighted by atomic mass is 14.3. The molecule has 0 N–H and O–H groups in total. The van der Waals surface area contributed by atoms with Crippen molar-refractivity contribution in [1.82, 2.24) is 0 Å². The molecule has 0 heteroatoms. The van der Waals surface area contributed by atoms with Crippen molar-refractivity contribution in [1.29, 1.82) is 0 Å². The fourth-order valence-electron chi connectivity index (χ4n) is 3.86. The summed E-state index contributed by atoms with van der Waals surface area (Å²) in [5.74, 6) is 0.541. The average molecular weight is 300 g/mol. The Hall–Kier alpha value is -2.08. The summed E-state index contributed by atoms with van der Waals surface area (Å²) in [7, 11) is 0. The zero-order chi connectivity index (χ0) is 16.0. The van der Waals surface area contributed by atoms with E-state index in [1.165, 1.54) is 27.8 Å². The highest BCUT2D eigenvalue weighted by Crippen LogP contribution is 2.40. The predicted octanol–water partition coefficient (Wildman–Crippen LogP) is 5.96. The molecule has 0 aromatic heterocycles. The van der Waals surface area contributed by atoms with Crippen LogP contribution in [0.15, 0.2) is 66.3 Å². The van der Waals surface area contributed by atoms with E-state index >= 15 is 0 Å². The van der Waals surface area contributed by atoms with E-state index in [0.717, 1.165) is 12.8 Å². The first-order chi connectivity index (χ1) is 11.0. The monoisotopic (exact) mass is 300 g/mol. The Labute approximate surface area is 139 Å². The molecule has 0 nitrogen and oxygen atoms in total. The molecule has 0 heterocycles. The maximum Gasteiger partial charge on any atom is -0.000372 e. The van der Waals surface area contributed by atoms with E-state index in [9.17, 15) is 0 Å². The fraction of sp³-hybridized carbons (Fsp3) is 0.304. The highest BCUT2D eigenvalue weighted by molar-refractivity contribution is 5.77. The molecule has 0 radical (unpaired) electrons. The lowest BCUT2D eigenvalue weighted by atomic mass is 9.86. The van der Waals surface area contributed by atoms with Crippen LogP contribution in [0.5, 0.6) is 0 Å². The normalized spacial score (nSPS) is 18.7. The summed E-state index contributed by atoms with van der Waals surface area (Å²) >= 11 is 0. The number of benzene rings is 2. The molecule has 0 amide bonds. The van der Waals surface area contributed by atoms with Crippen molar-refractivity contribution >= 4 is 0 Å². The van der Waals surface area contributed by atoms with Gasteiger partial charge in [-0.05, 0) is 57.6 Å². The molecule has 2 aliphatic carbocycles. The van der Waals surface area contributed by atoms with Gasteiger partial charge < -0.3 is 0 Å². The van der Waals surface area contributed by atoms with Gasteiger partial charge in [-0.2, -0.15) is 0 Å². The van der Waals surface area contributed by atoms with Crippen molar-refractivity contribution in [2.24, 2.45) is 11.3 Å². The minimum absolute atomic E-state index is 0.250. The van der Waals surface area contributed by atoms with E-state index in [1.807, 2.05) is 0 Å². The molecular formula is C23H24. The first kappa shape index (κ1) is 14.5. The molecule has 2 aromatic carbocycles. The van der Waals surface area contributed by atoms with E-state index in [1.54, 1.807) is 5.56 Å². The van der Waals surface area contributed by atoms with Crippen LogP contribution < -0.4 is 0 Å². The lowest BCUT2D eigenvalue weighted by Gasteiger charge is -2.18. The van der Waals surface area contributed by atoms with Crippen LogP contribution in [-0.4, -0.2) is 0 Å². The van der Waals surface area contributed by atoms with Gasteiger partial charge in [0, 0.05) is 0 Å². The van der Waals surface area contributed by atoms with E-state index in [-0.39, 0.29) is 5.41 Å². The summed E-state index contributed by atoms with van der Waals surface area (Å²) in [4.78, 5) is 0. The number of allylic oxidation sites excluding steroid dienone is 4. The van der Waals surface area contributed by atoms with Gasteiger partial charge in [-0.3, -0.25) is 0 Å². The van der Waals surface area contributed by atoms with Gasteiger partial charge in [0.05, 0.1) is 0 Å². The molecular weight excluding hydrogens is 276 g/mol. The van der Waals surface area contributed by atoms with Crippen molar-refractivity contribution in [2.45, 2.75) is 33.6 Å². The average Bonchev–Trinajstić information content (AvgIpc) is 3.12. The van der Waals surface area contributed by atoms with Crippen LogP contribution in [0.25, 0.3) is 11.1 Å². The Balaban J connectivity index is 1.64. The summed E-state index contributed by atoms with van der Waals surface area (Å²) in [6.07, 6.45) is 9.37. The summed E-state index contributed by atoms with van der Waals surface area (Å²) in [6.45, 7) is 6.88. The summed E-state index contributed by atoms with van der Waals surface area (Å²) in [6, 6.07) is 15.7. The summed E-state index contributed by atoms with van der Waals surface area (Å²) in [5.41, 5.74) is 9.12. The van der Waals surface area contributed by atoms with Crippen molar-refractivity contribution in [2.75, 3.05) is 0 Å². The number of hydrogen-bond donors (Lipinski definition) is 0. The van der Waals surface area contributed by atoms with Crippen LogP contribution >= 0.6 is 0 Å². The molecule has 2 aliphatic rings. The molecule has 4 rings (SSSR count). The molecule has 0 saturated carbocycles. The molecule has 116 valence electrons. The SMILES string of the molecule is CC(C)(C)C1=CC(Cc2cccc3c2Cc2ccccc2-3)C=C1. The van der Waals surface area contributed by atoms with Crippen molar-refractivity contribution in [3.05, 3.63) is 83.0 Å². The lowest BCUT2D eigenvalue weighted by Crippen LogP contribution is -2.07. The summed E-state index contributed by atoms with van der Waals surface area (Å²) < 4.78 is 0. The van der Waals surface area contributed by atoms with E-state index in [0.29, 0.717) is 5.92 Å². The third-order valence-electron chi connectivity index (χ3n) is 5.19. The van der Waals surface area contributed by atoms with Crippen molar-refractivity contribution < 1.29 is 0 Å². The minimum atomic E-state index is 0.250. The zero-order valence-electron chi connectivity index (χ0n) is 14.3. The highest BCUT2D eigenvalue weighted by Gasteiger charge is 2.23. The lowest BCUT2D eigenvalue weighted by molar-refractivity contribution is 0.516. The Morgan fingerprint density at radius 2 is 1.74 bits per heavy atom. The van der Waals surface area contributed by atoms with Gasteiger partial charge in [-0.25, -0.2) is 0 Å². The van der Waals surface area contributed by atoms with Gasteiger partial charge in [-0.1, -0.05) is 81.5 Å². The third kappa shape index (κ3) is 2.57. The van der Waals surface area contributed by atoms with Crippen LogP contribution in [0, 0.1) is 11.3 Å². The van der Waals surface area contributed by atoms with Gasteiger partial charge in [0.1, 0.15) is 0 Å². The number of hydrogen-bond acceptors (Lipinski definition) is 0. The van der Waals surface area contributed by atoms with E-state index < -0.39 is 0 Å². The first-order valence-electron chi connectivity index (χ1n) is 8.62. The van der Waals surface area contributed by atoms with Gasteiger partial charge in [0.15, 0.2) is 0 Å². The van der Waals surface area contributed by atoms with Crippen LogP contribution in [0.3, 0.4) is 0 Å². The smallest absolute Gasteiger partial charge is 0.000372 e. The molecule has 0 aliphatic heterocycles. The third-order valence-corrected chi connectivity index (χ3v) is 5.19. The van der Waals surface area contributed by atoms with Gasteiger partial charge in [0.25, 0.3) is 0 Å². The Kier molecular flexibility index (Phi) is 3.30. The van der Waals surface area contributed by atoms with Gasteiger partial charge in [0.2, 0.25) is 0 Å². The maximum atomic E-state index is 2.46. The Morgan fingerprint density at radius 1 is 0.957 bits per heavy atom. The first-order valence-corrected chi connectivity index (χ1v) is 8.62. The molecule has 0 saturated heterocycles. The summed E-state index contributed by atoms with van der Waals surface area (Å²) in [5, 5.41) is 0. The standard InChI is InChI=1S/C23H24/c1-23(2,3)19-12-11-16(14-19)13-17-8-6-10-21-20-9-5-4-7-18(20)15-22(17)21/h4-12,14,16H,13,15H2,1-3H3. The van der Waals surface area contributed by atoms with Crippen molar-refractivity contribution in [3.8, 4) is 11.1 Å². The molecule has 0 spiro atoms. The van der Waals surface area contributed by atoms with E-state index in [2.05, 4.69) is 81.5 Å². The van der Waals surface area contributed by atoms with Crippen molar-refractivity contribution in [3.63, 3.8) is 0 Å². The molecule has 0 fully saturated rings. The predicted molar refractivity (Wildman–Crippen MR) is 98.6 cm³/mol. The molecule has 1 atom stereocenters. The van der Waals surface area contributed by atoms with E-state index in [4.69, 9.17) is 0 Å². The van der Waals surface area contributed by atoms with Crippen LogP contribution in [0.4, 0.5) is 0 Å². The minimum Gasteiger partial charge on any atom is -0.0770 e. The number of fused-ring (bicyclic) bond motifs is 3. The number of rotatable bonds is 2. The van der Waals surface area contributed by atoms with Gasteiger partial charge >= 0.3 is 0 Å². The van der Waals surface area contributed by atoms with Crippen LogP contribution in [0.2, 0.25) is 0 Å². The Bertz CT molecular complexity index is 812. The second-order valence-electron chi connectivity index (χ2n) is 7.88. The zero-order valence-corrected chi connectivity index (χ0v) is 14.3. The van der Waals surface area contributed by atoms with Crippen LogP contribution in [-0.2, 0) is 12.8 Å². The quantitative estimate of drug-likeness (QED) is 0.548. The maximum absolute atomic E-state index is 2.46. The topological polar surface area (TPSA) is 0 Å². The van der Waals surface area contributed by atoms with Crippen LogP contribution in [0.1, 0.15) is 37.5 Å². The molecule has 1 unspecified atom stereocenters. The second kappa shape index (κ2) is 5.23.